The Morgan fingerprint density at radius 1 is 0.717 bits per heavy atom. The molecule has 0 radical (unpaired) electrons. The predicted octanol–water partition coefficient (Wildman–Crippen LogP) is 3.72. The first-order valence-corrected chi connectivity index (χ1v) is 16.2. The molecule has 3 saturated heterocycles. The SMILES string of the molecule is N#Cc1cccc(CBr)n1.N#Cc1cccc(CO[C@H]2CCOC2)n1.NCc1cccc(CO[C@H]2CCOC2)n1.O[C@H]1CCOC1. The first-order valence-electron chi connectivity index (χ1n) is 15.1. The van der Waals surface area contributed by atoms with Crippen LogP contribution in [0, 0.1) is 22.7 Å². The van der Waals surface area contributed by atoms with E-state index in [-0.39, 0.29) is 18.3 Å². The normalized spacial score (nSPS) is 19.7. The highest BCUT2D eigenvalue weighted by Gasteiger charge is 2.17. The summed E-state index contributed by atoms with van der Waals surface area (Å²) in [6.07, 6.45) is 2.98. The van der Waals surface area contributed by atoms with Crippen LogP contribution in [0.4, 0.5) is 0 Å². The number of aliphatic hydroxyl groups excluding tert-OH is 1. The lowest BCUT2D eigenvalue weighted by molar-refractivity contribution is 0.0301. The zero-order chi connectivity index (χ0) is 32.8. The van der Waals surface area contributed by atoms with Crippen molar-refractivity contribution in [1.29, 1.82) is 10.5 Å². The average molecular weight is 698 g/mol. The molecule has 3 aliphatic rings. The van der Waals surface area contributed by atoms with Crippen LogP contribution in [-0.2, 0) is 48.8 Å². The lowest BCUT2D eigenvalue weighted by atomic mass is 10.3. The fraction of sp³-hybridized carbons (Fsp3) is 0.485. The van der Waals surface area contributed by atoms with E-state index in [4.69, 9.17) is 45.0 Å². The molecule has 3 atom stereocenters. The number of nitriles is 2. The van der Waals surface area contributed by atoms with Crippen LogP contribution in [0.5, 0.6) is 0 Å². The highest BCUT2D eigenvalue weighted by atomic mass is 79.9. The third kappa shape index (κ3) is 14.8. The van der Waals surface area contributed by atoms with Crippen molar-refractivity contribution >= 4 is 15.9 Å². The second-order valence-electron chi connectivity index (χ2n) is 10.3. The van der Waals surface area contributed by atoms with E-state index < -0.39 is 0 Å². The molecule has 3 aromatic rings. The van der Waals surface area contributed by atoms with Crippen LogP contribution >= 0.6 is 15.9 Å². The number of halogens is 1. The fourth-order valence-electron chi connectivity index (χ4n) is 4.18. The summed E-state index contributed by atoms with van der Waals surface area (Å²) in [5.74, 6) is 0. The van der Waals surface area contributed by atoms with Gasteiger partial charge in [-0.15, -0.1) is 0 Å². The Balaban J connectivity index is 0.000000175. The fourth-order valence-corrected chi connectivity index (χ4v) is 4.49. The Kier molecular flexibility index (Phi) is 17.9. The van der Waals surface area contributed by atoms with E-state index in [0.29, 0.717) is 56.3 Å². The second-order valence-corrected chi connectivity index (χ2v) is 10.9. The van der Waals surface area contributed by atoms with E-state index in [1.54, 1.807) is 12.1 Å². The van der Waals surface area contributed by atoms with Gasteiger partial charge in [0, 0.05) is 31.7 Å². The summed E-state index contributed by atoms with van der Waals surface area (Å²) in [4.78, 5) is 12.5. The van der Waals surface area contributed by atoms with E-state index in [1.165, 1.54) is 0 Å². The maximum atomic E-state index is 8.67. The summed E-state index contributed by atoms with van der Waals surface area (Å²) in [7, 11) is 0. The van der Waals surface area contributed by atoms with E-state index in [0.717, 1.165) is 61.9 Å². The second kappa shape index (κ2) is 22.2. The molecule has 0 saturated carbocycles. The lowest BCUT2D eigenvalue weighted by Crippen LogP contribution is -2.13. The number of nitrogens with zero attached hydrogens (tertiary/aromatic N) is 5. The van der Waals surface area contributed by atoms with Crippen molar-refractivity contribution in [3.05, 3.63) is 88.8 Å². The molecule has 0 amide bonds. The minimum atomic E-state index is -0.176. The van der Waals surface area contributed by atoms with Gasteiger partial charge in [0.05, 0.1) is 74.1 Å². The van der Waals surface area contributed by atoms with Crippen molar-refractivity contribution in [2.45, 2.75) is 62.7 Å². The van der Waals surface area contributed by atoms with Crippen LogP contribution in [-0.4, -0.2) is 78.0 Å². The van der Waals surface area contributed by atoms with E-state index in [9.17, 15) is 0 Å². The molecule has 12 nitrogen and oxygen atoms in total. The lowest BCUT2D eigenvalue weighted by Gasteiger charge is -2.09. The Morgan fingerprint density at radius 3 is 1.63 bits per heavy atom. The van der Waals surface area contributed by atoms with Crippen LogP contribution in [0.25, 0.3) is 0 Å². The van der Waals surface area contributed by atoms with Crippen molar-refractivity contribution in [2.75, 3.05) is 39.6 Å². The maximum absolute atomic E-state index is 8.67. The van der Waals surface area contributed by atoms with Gasteiger partial charge in [0.15, 0.2) is 0 Å². The monoisotopic (exact) mass is 696 g/mol. The van der Waals surface area contributed by atoms with Crippen LogP contribution in [0.2, 0.25) is 0 Å². The van der Waals surface area contributed by atoms with Gasteiger partial charge in [0.2, 0.25) is 0 Å². The van der Waals surface area contributed by atoms with E-state index in [2.05, 4.69) is 30.9 Å². The topological polar surface area (TPSA) is 179 Å². The van der Waals surface area contributed by atoms with Gasteiger partial charge in [0.1, 0.15) is 23.5 Å². The summed E-state index contributed by atoms with van der Waals surface area (Å²) in [6, 6.07) is 20.5. The van der Waals surface area contributed by atoms with Gasteiger partial charge in [-0.1, -0.05) is 34.1 Å². The van der Waals surface area contributed by atoms with Crippen LogP contribution in [0.15, 0.2) is 54.6 Å². The zero-order valence-corrected chi connectivity index (χ0v) is 27.4. The van der Waals surface area contributed by atoms with Gasteiger partial charge in [0.25, 0.3) is 0 Å². The third-order valence-corrected chi connectivity index (χ3v) is 7.24. The molecule has 0 aliphatic carbocycles. The van der Waals surface area contributed by atoms with Crippen molar-refractivity contribution in [1.82, 2.24) is 15.0 Å². The highest BCUT2D eigenvalue weighted by Crippen LogP contribution is 2.12. The molecule has 246 valence electrons. The number of pyridine rings is 3. The number of aliphatic hydroxyl groups is 1. The summed E-state index contributed by atoms with van der Waals surface area (Å²) >= 11 is 3.25. The van der Waals surface area contributed by atoms with Gasteiger partial charge >= 0.3 is 0 Å². The smallest absolute Gasteiger partial charge is 0.140 e. The average Bonchev–Trinajstić information content (AvgIpc) is 3.93. The zero-order valence-electron chi connectivity index (χ0n) is 25.8. The molecule has 3 aromatic heterocycles. The van der Waals surface area contributed by atoms with Crippen molar-refractivity contribution in [2.24, 2.45) is 5.73 Å². The number of alkyl halides is 1. The van der Waals surface area contributed by atoms with Gasteiger partial charge in [-0.2, -0.15) is 10.5 Å². The number of hydrogen-bond donors (Lipinski definition) is 2. The first kappa shape index (κ1) is 37.1. The molecule has 13 heteroatoms. The summed E-state index contributed by atoms with van der Waals surface area (Å²) in [6.45, 7) is 5.69. The Labute approximate surface area is 278 Å². The van der Waals surface area contributed by atoms with Crippen LogP contribution < -0.4 is 5.73 Å². The number of ether oxygens (including phenoxy) is 5. The molecular weight excluding hydrogens is 656 g/mol. The third-order valence-electron chi connectivity index (χ3n) is 6.67. The molecule has 6 rings (SSSR count). The van der Waals surface area contributed by atoms with Gasteiger partial charge < -0.3 is 34.5 Å². The maximum Gasteiger partial charge on any atom is 0.140 e. The molecule has 0 bridgehead atoms. The molecule has 0 aromatic carbocycles. The summed E-state index contributed by atoms with van der Waals surface area (Å²) in [5, 5.41) is 26.4. The number of rotatable bonds is 8. The number of nitrogens with two attached hydrogens (primary N) is 1. The molecule has 0 unspecified atom stereocenters. The number of hydrogen-bond acceptors (Lipinski definition) is 12. The van der Waals surface area contributed by atoms with E-state index >= 15 is 0 Å². The van der Waals surface area contributed by atoms with Gasteiger partial charge in [-0.3, -0.25) is 4.98 Å². The minimum Gasteiger partial charge on any atom is -0.391 e. The minimum absolute atomic E-state index is 0.176. The molecule has 3 aliphatic heterocycles. The van der Waals surface area contributed by atoms with Crippen molar-refractivity contribution in [3.8, 4) is 12.1 Å². The quantitative estimate of drug-likeness (QED) is 0.327. The van der Waals surface area contributed by atoms with E-state index in [1.807, 2.05) is 54.6 Å². The summed E-state index contributed by atoms with van der Waals surface area (Å²) < 4.78 is 26.5. The van der Waals surface area contributed by atoms with Crippen molar-refractivity contribution < 1.29 is 28.8 Å². The Morgan fingerprint density at radius 2 is 1.20 bits per heavy atom. The predicted molar refractivity (Wildman–Crippen MR) is 172 cm³/mol. The highest BCUT2D eigenvalue weighted by molar-refractivity contribution is 9.08. The summed E-state index contributed by atoms with van der Waals surface area (Å²) in [5.41, 5.74) is 9.93. The molecule has 3 fully saturated rings. The molecule has 6 heterocycles. The van der Waals surface area contributed by atoms with Crippen LogP contribution in [0.3, 0.4) is 0 Å². The van der Waals surface area contributed by atoms with Gasteiger partial charge in [-0.05, 0) is 55.7 Å². The Hall–Kier alpha value is -3.37. The standard InChI is InChI=1S/C11H16N2O2.C11H12N2O2.C7H5BrN2.C4H8O2/c2*12-6-9-2-1-3-10(13-9)7-15-11-4-5-14-8-11;8-4-6-2-1-3-7(5-9)10-6;5-4-1-2-6-3-4/h1-3,11H,4-8,12H2;1-3,11H,4-5,7-8H2;1-3H,4H2;4-5H,1-3H2/t2*11-;;4-/m00.0/s1. The van der Waals surface area contributed by atoms with Gasteiger partial charge in [-0.25, -0.2) is 9.97 Å². The first-order chi connectivity index (χ1) is 22.5. The molecular formula is C33H41BrN6O6. The largest absolute Gasteiger partial charge is 0.391 e. The Bertz CT molecular complexity index is 1370. The molecule has 0 spiro atoms. The van der Waals surface area contributed by atoms with Crippen LogP contribution in [0.1, 0.15) is 53.4 Å². The van der Waals surface area contributed by atoms with Crippen molar-refractivity contribution in [3.63, 3.8) is 0 Å². The number of aromatic nitrogens is 3. The molecule has 46 heavy (non-hydrogen) atoms. The molecule has 3 N–H and O–H groups in total.